The molecule has 2 N–H and O–H groups in total. The van der Waals surface area contributed by atoms with E-state index in [0.29, 0.717) is 5.56 Å². The summed E-state index contributed by atoms with van der Waals surface area (Å²) >= 11 is 0. The second kappa shape index (κ2) is 6.18. The van der Waals surface area contributed by atoms with Gasteiger partial charge in [-0.05, 0) is 33.3 Å². The minimum Gasteiger partial charge on any atom is -0.478 e. The van der Waals surface area contributed by atoms with E-state index in [1.54, 1.807) is 45.0 Å². The van der Waals surface area contributed by atoms with Gasteiger partial charge in [0.2, 0.25) is 6.08 Å². The quantitative estimate of drug-likeness (QED) is 0.639. The Morgan fingerprint density at radius 3 is 2.19 bits per heavy atom. The molecular formula is C15H19NO5. The SMILES string of the molecule is Cc1ccc([C@H](OC(C)(C)C)[C@](O)(N=C=O)C(=O)O)cc1. The maximum absolute atomic E-state index is 11.4. The number of aliphatic hydroxyl groups is 1. The van der Waals surface area contributed by atoms with Crippen LogP contribution in [-0.2, 0) is 14.3 Å². The Morgan fingerprint density at radius 2 is 1.81 bits per heavy atom. The Kier molecular flexibility index (Phi) is 5.01. The summed E-state index contributed by atoms with van der Waals surface area (Å²) in [6, 6.07) is 6.75. The van der Waals surface area contributed by atoms with E-state index in [9.17, 15) is 19.8 Å². The molecule has 21 heavy (non-hydrogen) atoms. The van der Waals surface area contributed by atoms with Gasteiger partial charge in [0, 0.05) is 0 Å². The van der Waals surface area contributed by atoms with E-state index in [2.05, 4.69) is 4.99 Å². The smallest absolute Gasteiger partial charge is 0.363 e. The first-order valence-corrected chi connectivity index (χ1v) is 6.39. The molecule has 6 heteroatoms. The molecule has 0 unspecified atom stereocenters. The second-order valence-corrected chi connectivity index (χ2v) is 5.76. The molecule has 0 aliphatic rings. The second-order valence-electron chi connectivity index (χ2n) is 5.76. The number of carbonyl (C=O) groups is 1. The summed E-state index contributed by atoms with van der Waals surface area (Å²) in [6.07, 6.45) is -0.235. The lowest BCUT2D eigenvalue weighted by atomic mass is 9.97. The van der Waals surface area contributed by atoms with Gasteiger partial charge in [0.25, 0.3) is 5.72 Å². The third-order valence-electron chi connectivity index (χ3n) is 2.75. The molecule has 6 nitrogen and oxygen atoms in total. The fourth-order valence-corrected chi connectivity index (χ4v) is 1.77. The molecule has 0 amide bonds. The third kappa shape index (κ3) is 4.23. The summed E-state index contributed by atoms with van der Waals surface area (Å²) < 4.78 is 5.64. The highest BCUT2D eigenvalue weighted by Gasteiger charge is 2.48. The number of aryl methyl sites for hydroxylation is 1. The number of hydrogen-bond donors (Lipinski definition) is 2. The predicted octanol–water partition coefficient (Wildman–Crippen LogP) is 1.96. The van der Waals surface area contributed by atoms with Gasteiger partial charge in [-0.15, -0.1) is 0 Å². The van der Waals surface area contributed by atoms with Gasteiger partial charge in [-0.3, -0.25) is 0 Å². The van der Waals surface area contributed by atoms with Crippen molar-refractivity contribution in [2.24, 2.45) is 4.99 Å². The van der Waals surface area contributed by atoms with Gasteiger partial charge >= 0.3 is 5.97 Å². The largest absolute Gasteiger partial charge is 0.478 e. The number of benzene rings is 1. The molecule has 0 aliphatic heterocycles. The van der Waals surface area contributed by atoms with E-state index in [-0.39, 0.29) is 0 Å². The number of carboxylic acid groups (broad SMARTS) is 1. The van der Waals surface area contributed by atoms with Crippen LogP contribution in [0, 0.1) is 6.92 Å². The maximum atomic E-state index is 11.4. The number of rotatable bonds is 5. The monoisotopic (exact) mass is 293 g/mol. The van der Waals surface area contributed by atoms with E-state index >= 15 is 0 Å². The molecule has 0 bridgehead atoms. The first-order valence-electron chi connectivity index (χ1n) is 6.39. The van der Waals surface area contributed by atoms with Crippen LogP contribution in [0.1, 0.15) is 38.0 Å². The van der Waals surface area contributed by atoms with Crippen molar-refractivity contribution in [1.82, 2.24) is 0 Å². The highest BCUT2D eigenvalue weighted by atomic mass is 16.5. The van der Waals surface area contributed by atoms with Crippen LogP contribution in [0.3, 0.4) is 0 Å². The summed E-state index contributed by atoms with van der Waals surface area (Å²) in [7, 11) is 0. The van der Waals surface area contributed by atoms with Crippen LogP contribution < -0.4 is 0 Å². The third-order valence-corrected chi connectivity index (χ3v) is 2.75. The Labute approximate surface area is 123 Å². The van der Waals surface area contributed by atoms with Crippen molar-refractivity contribution in [3.8, 4) is 0 Å². The van der Waals surface area contributed by atoms with Crippen molar-refractivity contribution < 1.29 is 24.5 Å². The Hall–Kier alpha value is -2.01. The van der Waals surface area contributed by atoms with Crippen molar-refractivity contribution in [2.45, 2.75) is 45.1 Å². The van der Waals surface area contributed by atoms with Crippen LogP contribution in [0.15, 0.2) is 29.3 Å². The molecular weight excluding hydrogens is 274 g/mol. The molecule has 1 aromatic carbocycles. The van der Waals surface area contributed by atoms with Gasteiger partial charge in [-0.2, -0.15) is 4.99 Å². The van der Waals surface area contributed by atoms with Crippen molar-refractivity contribution in [3.05, 3.63) is 35.4 Å². The zero-order chi connectivity index (χ0) is 16.3. The Morgan fingerprint density at radius 1 is 1.29 bits per heavy atom. The number of nitrogens with zero attached hydrogens (tertiary/aromatic N) is 1. The van der Waals surface area contributed by atoms with Gasteiger partial charge in [0.05, 0.1) is 5.60 Å². The maximum Gasteiger partial charge on any atom is 0.363 e. The molecule has 1 aromatic rings. The summed E-state index contributed by atoms with van der Waals surface area (Å²) in [5.41, 5.74) is -2.12. The van der Waals surface area contributed by atoms with Crippen LogP contribution in [0.25, 0.3) is 0 Å². The molecule has 114 valence electrons. The average molecular weight is 293 g/mol. The standard InChI is InChI=1S/C15H19NO5/c1-10-5-7-11(8-6-10)12(21-14(2,3)4)15(20,13(18)19)16-9-17/h5-8,12,20H,1-4H3,(H,18,19)/t12-,15+/m0/s1. The number of carbonyl (C=O) groups excluding carboxylic acids is 1. The van der Waals surface area contributed by atoms with E-state index in [0.717, 1.165) is 11.6 Å². The lowest BCUT2D eigenvalue weighted by Gasteiger charge is -2.33. The zero-order valence-electron chi connectivity index (χ0n) is 12.5. The molecule has 0 saturated heterocycles. The van der Waals surface area contributed by atoms with Gasteiger partial charge in [0.15, 0.2) is 0 Å². The number of hydrogen-bond acceptors (Lipinski definition) is 5. The minimum absolute atomic E-state index is 0.402. The number of carboxylic acids is 1. The topological polar surface area (TPSA) is 96.2 Å². The summed E-state index contributed by atoms with van der Waals surface area (Å²) in [5.74, 6) is -1.68. The van der Waals surface area contributed by atoms with Crippen LogP contribution in [-0.4, -0.2) is 33.6 Å². The Balaban J connectivity index is 3.40. The molecule has 0 saturated carbocycles. The molecule has 0 radical (unpaired) electrons. The zero-order valence-corrected chi connectivity index (χ0v) is 12.5. The molecule has 0 spiro atoms. The summed E-state index contributed by atoms with van der Waals surface area (Å²) in [4.78, 5) is 25.0. The van der Waals surface area contributed by atoms with Crippen LogP contribution in [0.5, 0.6) is 0 Å². The van der Waals surface area contributed by atoms with Crippen molar-refractivity contribution >= 4 is 12.0 Å². The van der Waals surface area contributed by atoms with Gasteiger partial charge in [0.1, 0.15) is 6.10 Å². The van der Waals surface area contributed by atoms with Crippen LogP contribution >= 0.6 is 0 Å². The molecule has 0 aliphatic carbocycles. The normalized spacial score (nSPS) is 15.7. The molecule has 1 rings (SSSR count). The van der Waals surface area contributed by atoms with E-state index in [1.165, 1.54) is 0 Å². The Bertz CT molecular complexity index is 550. The van der Waals surface area contributed by atoms with Crippen molar-refractivity contribution in [3.63, 3.8) is 0 Å². The van der Waals surface area contributed by atoms with Gasteiger partial charge in [-0.1, -0.05) is 29.8 Å². The number of isocyanates is 1. The van der Waals surface area contributed by atoms with Crippen LogP contribution in [0.4, 0.5) is 0 Å². The first kappa shape index (κ1) is 17.0. The number of ether oxygens (including phenoxy) is 1. The van der Waals surface area contributed by atoms with E-state index < -0.39 is 23.4 Å². The first-order chi connectivity index (χ1) is 9.60. The fourth-order valence-electron chi connectivity index (χ4n) is 1.77. The highest BCUT2D eigenvalue weighted by molar-refractivity contribution is 5.79. The van der Waals surface area contributed by atoms with E-state index in [4.69, 9.17) is 4.74 Å². The van der Waals surface area contributed by atoms with Crippen LogP contribution in [0.2, 0.25) is 0 Å². The molecule has 0 fully saturated rings. The predicted molar refractivity (Wildman–Crippen MR) is 75.5 cm³/mol. The molecule has 2 atom stereocenters. The van der Waals surface area contributed by atoms with Crippen molar-refractivity contribution in [2.75, 3.05) is 0 Å². The van der Waals surface area contributed by atoms with Gasteiger partial charge < -0.3 is 14.9 Å². The molecule has 0 aromatic heterocycles. The summed E-state index contributed by atoms with van der Waals surface area (Å²) in [6.45, 7) is 7.00. The number of aliphatic carboxylic acids is 1. The number of aliphatic imine (C=N–C) groups is 1. The highest BCUT2D eigenvalue weighted by Crippen LogP contribution is 2.35. The van der Waals surface area contributed by atoms with Gasteiger partial charge in [-0.25, -0.2) is 9.59 Å². The average Bonchev–Trinajstić information content (AvgIpc) is 2.36. The lowest BCUT2D eigenvalue weighted by molar-refractivity contribution is -0.191. The summed E-state index contributed by atoms with van der Waals surface area (Å²) in [5, 5.41) is 19.5. The molecule has 0 heterocycles. The fraction of sp³-hybridized carbons (Fsp3) is 0.467. The lowest BCUT2D eigenvalue weighted by Crippen LogP contribution is -2.46. The minimum atomic E-state index is -2.73. The van der Waals surface area contributed by atoms with Crippen molar-refractivity contribution in [1.29, 1.82) is 0 Å². The van der Waals surface area contributed by atoms with E-state index in [1.807, 2.05) is 6.92 Å².